The van der Waals surface area contributed by atoms with Crippen molar-refractivity contribution in [3.05, 3.63) is 81.5 Å². The van der Waals surface area contributed by atoms with Gasteiger partial charge in [0.2, 0.25) is 17.5 Å². The summed E-state index contributed by atoms with van der Waals surface area (Å²) in [5.74, 6) is -1.39. The van der Waals surface area contributed by atoms with Gasteiger partial charge in [-0.2, -0.15) is 0 Å². The molecule has 1 N–H and O–H groups in total. The first kappa shape index (κ1) is 35.1. The lowest BCUT2D eigenvalue weighted by molar-refractivity contribution is -0.136. The molecule has 17 heteroatoms. The molecule has 6 fully saturated rings. The van der Waals surface area contributed by atoms with Gasteiger partial charge in [0.05, 0.1) is 34.5 Å². The van der Waals surface area contributed by atoms with Crippen LogP contribution in [-0.4, -0.2) is 125 Å². The molecule has 2 aliphatic carbocycles. The number of piperidine rings is 2. The van der Waals surface area contributed by atoms with Crippen LogP contribution < -0.4 is 19.9 Å². The highest BCUT2D eigenvalue weighted by Gasteiger charge is 2.59. The Morgan fingerprint density at radius 2 is 1.72 bits per heavy atom. The summed E-state index contributed by atoms with van der Waals surface area (Å²) in [5.41, 5.74) is 0.719. The summed E-state index contributed by atoms with van der Waals surface area (Å²) < 4.78 is 46.1. The van der Waals surface area contributed by atoms with Gasteiger partial charge in [0.1, 0.15) is 17.6 Å². The number of amides is 5. The molecule has 3 aromatic rings. The Bertz CT molecular complexity index is 2470. The third-order valence-electron chi connectivity index (χ3n) is 13.6. The molecular weight excluding hydrogens is 793 g/mol. The second-order valence-electron chi connectivity index (χ2n) is 17.4. The summed E-state index contributed by atoms with van der Waals surface area (Å²) in [6.45, 7) is 10.2. The quantitative estimate of drug-likeness (QED) is 0.244. The average molecular weight is 839 g/mol. The molecular formula is C43H43ClFN9O6. The lowest BCUT2D eigenvalue weighted by Crippen LogP contribution is -2.72. The monoisotopic (exact) mass is 838 g/mol. The smallest absolute Gasteiger partial charge is 0.274 e. The number of hydrogen-bond acceptors (Lipinski definition) is 11. The molecule has 0 radical (unpaired) electrons. The van der Waals surface area contributed by atoms with Crippen LogP contribution in [0.4, 0.5) is 21.6 Å². The van der Waals surface area contributed by atoms with E-state index in [9.17, 15) is 24.0 Å². The molecule has 2 aromatic carbocycles. The van der Waals surface area contributed by atoms with Crippen LogP contribution in [-0.2, 0) is 9.59 Å². The van der Waals surface area contributed by atoms with E-state index in [1.807, 2.05) is 4.90 Å². The molecule has 5 amide bonds. The number of halogens is 2. The lowest BCUT2D eigenvalue weighted by atomic mass is 9.72. The SMILES string of the molecule is [2H]C([2H])([2H])N(C(=O)c1ccc(N2CC3(CN(CC4[C@H]5CN(c6cc7c(cc6F)C(=O)N(C6CCC(=O)NC6=O)C7=O)C[C@@H]45)C3)C2)nn1)C1CCC(Oc2ccc([N+]#[C-])c(Cl)c2)CC1. The second-order valence-corrected chi connectivity index (χ2v) is 17.9. The topological polar surface area (TPSA) is 153 Å². The molecule has 10 rings (SSSR count). The van der Waals surface area contributed by atoms with Crippen LogP contribution in [0, 0.1) is 35.6 Å². The van der Waals surface area contributed by atoms with Gasteiger partial charge in [0.25, 0.3) is 17.7 Å². The number of benzene rings is 2. The zero-order valence-corrected chi connectivity index (χ0v) is 33.2. The van der Waals surface area contributed by atoms with Gasteiger partial charge in [-0.05, 0) is 86.3 Å². The minimum absolute atomic E-state index is 0.00689. The van der Waals surface area contributed by atoms with Crippen molar-refractivity contribution in [1.29, 1.82) is 0 Å². The van der Waals surface area contributed by atoms with Gasteiger partial charge in [0.15, 0.2) is 11.5 Å². The second kappa shape index (κ2) is 14.5. The number of likely N-dealkylation sites (tertiary alicyclic amines) is 1. The normalized spacial score (nSPS) is 28.8. The Hall–Kier alpha value is -5.66. The van der Waals surface area contributed by atoms with Crippen molar-refractivity contribution in [3.8, 4) is 5.75 Å². The predicted octanol–water partition coefficient (Wildman–Crippen LogP) is 4.19. The third kappa shape index (κ3) is 6.62. The fraction of sp³-hybridized carbons (Fsp3) is 0.488. The Labute approximate surface area is 354 Å². The largest absolute Gasteiger partial charge is 0.490 e. The Balaban J connectivity index is 0.682. The van der Waals surface area contributed by atoms with Crippen LogP contribution in [0.3, 0.4) is 0 Å². The number of nitrogens with zero attached hydrogens (tertiary/aromatic N) is 8. The summed E-state index contributed by atoms with van der Waals surface area (Å²) in [7, 11) is 0. The number of fused-ring (bicyclic) bond motifs is 2. The molecule has 5 aliphatic heterocycles. The summed E-state index contributed by atoms with van der Waals surface area (Å²) in [6.07, 6.45) is 1.79. The van der Waals surface area contributed by atoms with E-state index in [4.69, 9.17) is 27.0 Å². The van der Waals surface area contributed by atoms with Gasteiger partial charge in [-0.3, -0.25) is 34.2 Å². The van der Waals surface area contributed by atoms with Gasteiger partial charge in [-0.15, -0.1) is 10.2 Å². The lowest BCUT2D eigenvalue weighted by Gasteiger charge is -2.60. The molecule has 0 bridgehead atoms. The van der Waals surface area contributed by atoms with Gasteiger partial charge in [0, 0.05) is 74.8 Å². The number of anilines is 2. The fourth-order valence-electron chi connectivity index (χ4n) is 10.5. The highest BCUT2D eigenvalue weighted by molar-refractivity contribution is 6.33. The first-order valence-electron chi connectivity index (χ1n) is 21.9. The number of carbonyl (C=O) groups excluding carboxylic acids is 5. The highest BCUT2D eigenvalue weighted by atomic mass is 35.5. The number of imide groups is 2. The van der Waals surface area contributed by atoms with Gasteiger partial charge in [-0.25, -0.2) is 9.24 Å². The molecule has 2 saturated carbocycles. The van der Waals surface area contributed by atoms with Crippen LogP contribution in [0.25, 0.3) is 4.85 Å². The van der Waals surface area contributed by atoms with Crippen molar-refractivity contribution in [3.63, 3.8) is 0 Å². The number of ether oxygens (including phenoxy) is 1. The minimum atomic E-state index is -2.67. The number of aromatic nitrogens is 2. The Morgan fingerprint density at radius 1 is 0.983 bits per heavy atom. The highest BCUT2D eigenvalue weighted by Crippen LogP contribution is 2.55. The van der Waals surface area contributed by atoms with Gasteiger partial charge < -0.3 is 24.3 Å². The van der Waals surface area contributed by atoms with Crippen molar-refractivity contribution in [1.82, 2.24) is 30.2 Å². The molecule has 6 heterocycles. The molecule has 15 nitrogen and oxygen atoms in total. The molecule has 60 heavy (non-hydrogen) atoms. The van der Waals surface area contributed by atoms with Crippen molar-refractivity contribution >= 4 is 58.3 Å². The zero-order chi connectivity index (χ0) is 44.1. The summed E-state index contributed by atoms with van der Waals surface area (Å²) in [6, 6.07) is 9.04. The molecule has 7 aliphatic rings. The Morgan fingerprint density at radius 3 is 2.37 bits per heavy atom. The number of carbonyl (C=O) groups is 5. The van der Waals surface area contributed by atoms with Crippen LogP contribution in [0.1, 0.15) is 73.8 Å². The maximum Gasteiger partial charge on any atom is 0.274 e. The minimum Gasteiger partial charge on any atom is -0.490 e. The number of hydrogen-bond donors (Lipinski definition) is 1. The molecule has 310 valence electrons. The van der Waals surface area contributed by atoms with Crippen LogP contribution in [0.5, 0.6) is 5.75 Å². The first-order valence-corrected chi connectivity index (χ1v) is 20.8. The van der Waals surface area contributed by atoms with E-state index in [2.05, 4.69) is 30.2 Å². The zero-order valence-electron chi connectivity index (χ0n) is 35.5. The summed E-state index contributed by atoms with van der Waals surface area (Å²) in [5, 5.41) is 11.0. The average Bonchev–Trinajstić information content (AvgIpc) is 3.52. The van der Waals surface area contributed by atoms with Crippen LogP contribution >= 0.6 is 11.6 Å². The molecule has 4 atom stereocenters. The van der Waals surface area contributed by atoms with Crippen LogP contribution in [0.15, 0.2) is 42.5 Å². The third-order valence-corrected chi connectivity index (χ3v) is 13.9. The van der Waals surface area contributed by atoms with E-state index in [-0.39, 0.29) is 46.9 Å². The molecule has 1 aromatic heterocycles. The van der Waals surface area contributed by atoms with E-state index < -0.39 is 54.4 Å². The maximum absolute atomic E-state index is 15.5. The van der Waals surface area contributed by atoms with E-state index in [1.54, 1.807) is 30.3 Å². The van der Waals surface area contributed by atoms with Crippen molar-refractivity contribution in [2.24, 2.45) is 23.2 Å². The number of rotatable bonds is 9. The molecule has 4 saturated heterocycles. The molecule has 1 spiro atoms. The van der Waals surface area contributed by atoms with Crippen molar-refractivity contribution in [2.45, 2.75) is 56.7 Å². The molecule has 2 unspecified atom stereocenters. The van der Waals surface area contributed by atoms with Crippen molar-refractivity contribution < 1.29 is 37.2 Å². The van der Waals surface area contributed by atoms with E-state index >= 15 is 4.39 Å². The van der Waals surface area contributed by atoms with E-state index in [0.29, 0.717) is 78.8 Å². The maximum atomic E-state index is 15.5. The standard InChI is InChI=1S/C43H43ClFN9O6/c1-46-33-8-7-25(13-31(33)44)60-24-5-3-23(4-6-24)50(2)42(59)34-9-11-37(49-48-34)53-21-43(22-53)19-51(20-43)16-28-29-17-52(18-30(28)29)36-15-27-26(14-32(36)45)40(57)54(41(27)58)35-10-12-38(55)47-39(35)56/h7-9,11,13-15,23-24,28-30,35H,3-6,10,12,16-22H2,2H3,(H,47,55,56)/t23?,24?,28?,29-,30+,35?/i2D3. The fourth-order valence-corrected chi connectivity index (χ4v) is 10.7. The van der Waals surface area contributed by atoms with E-state index in [0.717, 1.165) is 48.6 Å². The van der Waals surface area contributed by atoms with Crippen molar-refractivity contribution in [2.75, 3.05) is 62.6 Å². The van der Waals surface area contributed by atoms with Gasteiger partial charge in [-0.1, -0.05) is 17.7 Å². The van der Waals surface area contributed by atoms with Gasteiger partial charge >= 0.3 is 0 Å². The number of nitrogens with one attached hydrogen (secondary N) is 1. The summed E-state index contributed by atoms with van der Waals surface area (Å²) in [4.78, 5) is 75.8. The first-order chi connectivity index (χ1) is 30.1. The van der Waals surface area contributed by atoms with E-state index in [1.165, 1.54) is 6.07 Å². The van der Waals surface area contributed by atoms with Crippen LogP contribution in [0.2, 0.25) is 5.02 Å². The Kier molecular flexibility index (Phi) is 8.50. The summed E-state index contributed by atoms with van der Waals surface area (Å²) >= 11 is 6.16. The predicted molar refractivity (Wildman–Crippen MR) is 215 cm³/mol.